The van der Waals surface area contributed by atoms with Gasteiger partial charge in [-0.2, -0.15) is 62.3 Å². The van der Waals surface area contributed by atoms with Crippen LogP contribution in [0.3, 0.4) is 0 Å². The molecule has 0 radical (unpaired) electrons. The molecule has 85 heavy (non-hydrogen) atoms. The van der Waals surface area contributed by atoms with Crippen LogP contribution in [0.1, 0.15) is 127 Å². The van der Waals surface area contributed by atoms with Crippen LogP contribution in [0.25, 0.3) is 34.4 Å². The molecule has 0 aliphatic carbocycles. The van der Waals surface area contributed by atoms with Gasteiger partial charge in [-0.3, -0.25) is 4.79 Å². The Morgan fingerprint density at radius 2 is 0.753 bits per heavy atom. The van der Waals surface area contributed by atoms with E-state index in [-0.39, 0.29) is 53.9 Å². The lowest BCUT2D eigenvalue weighted by atomic mass is 9.69. The third-order valence-electron chi connectivity index (χ3n) is 15.8. The van der Waals surface area contributed by atoms with Crippen LogP contribution < -0.4 is 0 Å². The summed E-state index contributed by atoms with van der Waals surface area (Å²) in [4.78, 5) is 26.7. The Labute approximate surface area is 483 Å². The Bertz CT molecular complexity index is 3350. The van der Waals surface area contributed by atoms with Crippen LogP contribution in [0.5, 0.6) is 0 Å². The molecule has 6 nitrogen and oxygen atoms in total. The van der Waals surface area contributed by atoms with Crippen LogP contribution in [-0.4, -0.2) is 58.7 Å². The summed E-state index contributed by atoms with van der Waals surface area (Å²) in [6, 6.07) is 31.4. The van der Waals surface area contributed by atoms with Crippen LogP contribution in [0.2, 0.25) is 0 Å². The average Bonchev–Trinajstić information content (AvgIpc) is 1.41. The van der Waals surface area contributed by atoms with Crippen molar-refractivity contribution in [2.75, 3.05) is 0 Å². The van der Waals surface area contributed by atoms with Crippen molar-refractivity contribution in [2.24, 2.45) is 0 Å². The van der Waals surface area contributed by atoms with Crippen molar-refractivity contribution >= 4 is 24.8 Å². The standard InChI is InChI=1S/C32H31F7O3.C32H33F7O.CO2/c1-5-29(6-2,25-10-9-22(20(3)15-25)13-14-30(41,31(34,35)36)32(37,38)39)26-11-12-27(21(4)16-26)23-7-8-24(18-42-19-40)28(33)17-23;1-6-22-9-10-24(19-28(22)33)27-14-13-26(18-21(27)5)29(7-2,8-3)25-12-11-23(20(4)17-25)15-16-30(40,31(34,35)36)32(37,38)39;2-1-3/h7-17,19,41H,5-6,18H2,1-4H3;9-19,40H,6-8H2,1-5H3;/b14-13+;16-15+;. The molecule has 0 aromatic heterocycles. The Hall–Kier alpha value is -7.41. The smallest absolute Gasteiger partial charge is 0.430 e. The van der Waals surface area contributed by atoms with Crippen molar-refractivity contribution in [3.8, 4) is 22.3 Å². The van der Waals surface area contributed by atoms with E-state index in [1.807, 2.05) is 90.9 Å². The number of hydrogen-bond acceptors (Lipinski definition) is 6. The van der Waals surface area contributed by atoms with Crippen LogP contribution in [-0.2, 0) is 43.0 Å². The van der Waals surface area contributed by atoms with Gasteiger partial charge in [-0.15, -0.1) is 0 Å². The molecule has 458 valence electrons. The van der Waals surface area contributed by atoms with Crippen LogP contribution in [0.15, 0.2) is 121 Å². The average molecular weight is 1210 g/mol. The van der Waals surface area contributed by atoms with E-state index in [1.165, 1.54) is 24.3 Å². The zero-order valence-electron chi connectivity index (χ0n) is 47.8. The van der Waals surface area contributed by atoms with E-state index < -0.39 is 52.6 Å². The third-order valence-corrected chi connectivity index (χ3v) is 15.8. The molecule has 6 rings (SSSR count). The molecule has 20 heteroatoms. The predicted molar refractivity (Wildman–Crippen MR) is 296 cm³/mol. The number of alkyl halides is 12. The first-order valence-corrected chi connectivity index (χ1v) is 26.7. The first-order valence-electron chi connectivity index (χ1n) is 26.7. The van der Waals surface area contributed by atoms with Crippen molar-refractivity contribution in [1.29, 1.82) is 0 Å². The van der Waals surface area contributed by atoms with Gasteiger partial charge >= 0.3 is 30.9 Å². The molecule has 6 aromatic rings. The second kappa shape index (κ2) is 27.7. The zero-order chi connectivity index (χ0) is 64.3. The highest BCUT2D eigenvalue weighted by atomic mass is 19.4. The molecule has 0 fully saturated rings. The normalized spacial score (nSPS) is 12.8. The van der Waals surface area contributed by atoms with E-state index >= 15 is 0 Å². The molecule has 6 aromatic carbocycles. The summed E-state index contributed by atoms with van der Waals surface area (Å²) in [5.74, 6) is -0.767. The third kappa shape index (κ3) is 15.0. The van der Waals surface area contributed by atoms with Crippen LogP contribution in [0, 0.1) is 39.3 Å². The fourth-order valence-corrected chi connectivity index (χ4v) is 10.4. The maximum absolute atomic E-state index is 14.6. The van der Waals surface area contributed by atoms with Gasteiger partial charge in [-0.25, -0.2) is 8.78 Å². The fraction of sp³-hybridized carbons (Fsp3) is 0.354. The van der Waals surface area contributed by atoms with Gasteiger partial charge in [0.25, 0.3) is 17.7 Å². The van der Waals surface area contributed by atoms with E-state index in [2.05, 4.69) is 4.74 Å². The molecule has 0 unspecified atom stereocenters. The number of halogens is 14. The molecule has 0 heterocycles. The number of benzene rings is 6. The van der Waals surface area contributed by atoms with Gasteiger partial charge in [0.1, 0.15) is 18.2 Å². The molecular weight excluding hydrogens is 1140 g/mol. The Kier molecular flexibility index (Phi) is 22.9. The maximum Gasteiger partial charge on any atom is 0.430 e. The highest BCUT2D eigenvalue weighted by molar-refractivity contribution is 5.70. The van der Waals surface area contributed by atoms with Crippen molar-refractivity contribution in [1.82, 2.24) is 0 Å². The summed E-state index contributed by atoms with van der Waals surface area (Å²) in [5, 5.41) is 18.9. The minimum atomic E-state index is -5.95. The lowest BCUT2D eigenvalue weighted by molar-refractivity contribution is -0.348. The molecule has 0 saturated carbocycles. The molecule has 0 aliphatic rings. The van der Waals surface area contributed by atoms with Crippen LogP contribution >= 0.6 is 0 Å². The van der Waals surface area contributed by atoms with Crippen molar-refractivity contribution < 1.29 is 90.8 Å². The molecule has 0 amide bonds. The first-order chi connectivity index (χ1) is 39.5. The van der Waals surface area contributed by atoms with Gasteiger partial charge in [-0.05, 0) is 168 Å². The summed E-state index contributed by atoms with van der Waals surface area (Å²) in [6.07, 6.45) is -19.5. The van der Waals surface area contributed by atoms with E-state index in [4.69, 9.17) is 9.59 Å². The van der Waals surface area contributed by atoms with Gasteiger partial charge in [0.15, 0.2) is 0 Å². The SMILES string of the molecule is CCC(CC)(c1ccc(/C=C/C(O)(C(F)(F)F)C(F)(F)F)c(C)c1)c1ccc(-c2ccc(COC=O)c(F)c2)c(C)c1.CCc1ccc(-c2ccc(C(CC)(CC)c3ccc(/C=C/C(O)(C(F)(F)F)C(F)(F)F)c(C)c3)cc2C)cc1F.O=C=O. The van der Waals surface area contributed by atoms with Gasteiger partial charge in [-0.1, -0.05) is 144 Å². The van der Waals surface area contributed by atoms with Gasteiger partial charge in [0.05, 0.1) is 0 Å². The summed E-state index contributed by atoms with van der Waals surface area (Å²) in [7, 11) is 0. The zero-order valence-corrected chi connectivity index (χ0v) is 47.8. The lowest BCUT2D eigenvalue weighted by Crippen LogP contribution is -2.55. The summed E-state index contributed by atoms with van der Waals surface area (Å²) in [6.45, 7) is 17.0. The van der Waals surface area contributed by atoms with Gasteiger partial charge in [0.2, 0.25) is 0 Å². The lowest BCUT2D eigenvalue weighted by Gasteiger charge is -2.34. The molecule has 0 atom stereocenters. The molecule has 2 N–H and O–H groups in total. The minimum absolute atomic E-state index is 0.0994. The second-order valence-electron chi connectivity index (χ2n) is 20.4. The Balaban J connectivity index is 0.000000349. The van der Waals surface area contributed by atoms with Gasteiger partial charge in [0, 0.05) is 16.4 Å². The molecule has 0 spiro atoms. The Morgan fingerprint density at radius 1 is 0.447 bits per heavy atom. The Morgan fingerprint density at radius 3 is 1.01 bits per heavy atom. The molecule has 0 saturated heterocycles. The number of aliphatic hydroxyl groups is 2. The van der Waals surface area contributed by atoms with Crippen molar-refractivity contribution in [3.63, 3.8) is 0 Å². The predicted octanol–water partition coefficient (Wildman–Crippen LogP) is 17.8. The number of hydrogen-bond donors (Lipinski definition) is 2. The quantitative estimate of drug-likeness (QED) is 0.0657. The van der Waals surface area contributed by atoms with E-state index in [0.29, 0.717) is 66.5 Å². The van der Waals surface area contributed by atoms with Crippen molar-refractivity contribution in [3.05, 3.63) is 200 Å². The van der Waals surface area contributed by atoms with Gasteiger partial charge < -0.3 is 14.9 Å². The number of ether oxygens (including phenoxy) is 1. The molecule has 0 bridgehead atoms. The molecular formula is C65H64F14O6. The van der Waals surface area contributed by atoms with E-state index in [9.17, 15) is 76.5 Å². The van der Waals surface area contributed by atoms with E-state index in [1.54, 1.807) is 56.3 Å². The van der Waals surface area contributed by atoms with Crippen LogP contribution in [0.4, 0.5) is 61.5 Å². The topological polar surface area (TPSA) is 101 Å². The fourth-order valence-electron chi connectivity index (χ4n) is 10.4. The maximum atomic E-state index is 14.6. The highest BCUT2D eigenvalue weighted by Crippen LogP contribution is 2.48. The largest absolute Gasteiger partial charge is 0.463 e. The first kappa shape index (κ1) is 70.1. The van der Waals surface area contributed by atoms with Crippen molar-refractivity contribution in [2.45, 2.75) is 148 Å². The number of carbonyl (C=O) groups is 1. The summed E-state index contributed by atoms with van der Waals surface area (Å²) < 4.78 is 191. The monoisotopic (exact) mass is 1210 g/mol. The summed E-state index contributed by atoms with van der Waals surface area (Å²) >= 11 is 0. The summed E-state index contributed by atoms with van der Waals surface area (Å²) in [5.41, 5.74) is -0.423. The number of carbonyl (C=O) groups excluding carboxylic acids is 3. The van der Waals surface area contributed by atoms with E-state index in [0.717, 1.165) is 50.1 Å². The highest BCUT2D eigenvalue weighted by Gasteiger charge is 2.70. The number of rotatable bonds is 18. The minimum Gasteiger partial charge on any atom is -0.463 e. The molecule has 0 aliphatic heterocycles. The number of aryl methyl sites for hydroxylation is 5. The second-order valence-corrected chi connectivity index (χ2v) is 20.4.